The fraction of sp³-hybridized carbons (Fsp3) is 0.133. The first-order valence-electron chi connectivity index (χ1n) is 6.06. The second kappa shape index (κ2) is 5.96. The normalized spacial score (nSPS) is 10.3. The molecule has 3 N–H and O–H groups in total. The molecule has 0 aliphatic heterocycles. The fourth-order valence-corrected chi connectivity index (χ4v) is 2.30. The zero-order valence-electron chi connectivity index (χ0n) is 11.0. The quantitative estimate of drug-likeness (QED) is 0.848. The zero-order valence-corrected chi connectivity index (χ0v) is 12.6. The van der Waals surface area contributed by atoms with Gasteiger partial charge in [0.05, 0.1) is 10.0 Å². The van der Waals surface area contributed by atoms with Crippen molar-refractivity contribution in [3.05, 3.63) is 58.1 Å². The molecule has 0 aromatic heterocycles. The van der Waals surface area contributed by atoms with Crippen LogP contribution in [0.4, 0.5) is 5.69 Å². The van der Waals surface area contributed by atoms with Crippen molar-refractivity contribution in [2.45, 2.75) is 6.54 Å². The number of phenols is 1. The predicted molar refractivity (Wildman–Crippen MR) is 82.5 cm³/mol. The van der Waals surface area contributed by atoms with Crippen molar-refractivity contribution >= 4 is 27.5 Å². The van der Waals surface area contributed by atoms with Crippen LogP contribution in [0, 0.1) is 0 Å². The number of rotatable bonds is 3. The number of nitrogens with zero attached hydrogens (tertiary/aromatic N) is 1. The summed E-state index contributed by atoms with van der Waals surface area (Å²) in [5.41, 5.74) is 7.80. The Morgan fingerprint density at radius 2 is 1.90 bits per heavy atom. The van der Waals surface area contributed by atoms with Crippen molar-refractivity contribution in [2.75, 3.05) is 12.8 Å². The minimum absolute atomic E-state index is 0.114. The Morgan fingerprint density at radius 1 is 1.25 bits per heavy atom. The second-order valence-corrected chi connectivity index (χ2v) is 5.33. The molecule has 0 fully saturated rings. The molecule has 4 nitrogen and oxygen atoms in total. The number of hydrogen-bond acceptors (Lipinski definition) is 3. The third-order valence-electron chi connectivity index (χ3n) is 2.96. The van der Waals surface area contributed by atoms with Gasteiger partial charge in [-0.2, -0.15) is 0 Å². The molecule has 0 saturated carbocycles. The van der Waals surface area contributed by atoms with Crippen LogP contribution >= 0.6 is 15.9 Å². The monoisotopic (exact) mass is 334 g/mol. The molecule has 0 atom stereocenters. The molecule has 20 heavy (non-hydrogen) atoms. The van der Waals surface area contributed by atoms with E-state index in [0.717, 1.165) is 5.56 Å². The molecule has 0 bridgehead atoms. The maximum absolute atomic E-state index is 12.4. The summed E-state index contributed by atoms with van der Waals surface area (Å²) in [7, 11) is 1.73. The number of amides is 1. The summed E-state index contributed by atoms with van der Waals surface area (Å²) in [6, 6.07) is 12.0. The minimum atomic E-state index is -0.114. The SMILES string of the molecule is CN(Cc1ccc(O)cc1)C(=O)c1cccc(N)c1Br. The molecule has 0 radical (unpaired) electrons. The molecular weight excluding hydrogens is 320 g/mol. The van der Waals surface area contributed by atoms with Crippen LogP contribution in [-0.2, 0) is 6.54 Å². The van der Waals surface area contributed by atoms with Crippen LogP contribution in [0.5, 0.6) is 5.75 Å². The lowest BCUT2D eigenvalue weighted by atomic mass is 10.1. The summed E-state index contributed by atoms with van der Waals surface area (Å²) in [4.78, 5) is 14.0. The number of aromatic hydroxyl groups is 1. The molecule has 0 spiro atoms. The van der Waals surface area contributed by atoms with Crippen LogP contribution in [-0.4, -0.2) is 23.0 Å². The van der Waals surface area contributed by atoms with Gasteiger partial charge in [0.15, 0.2) is 0 Å². The van der Waals surface area contributed by atoms with Crippen molar-refractivity contribution < 1.29 is 9.90 Å². The van der Waals surface area contributed by atoms with Gasteiger partial charge in [-0.1, -0.05) is 18.2 Å². The number of anilines is 1. The van der Waals surface area contributed by atoms with Crippen molar-refractivity contribution in [1.82, 2.24) is 4.90 Å². The Morgan fingerprint density at radius 3 is 2.55 bits per heavy atom. The van der Waals surface area contributed by atoms with E-state index >= 15 is 0 Å². The highest BCUT2D eigenvalue weighted by Gasteiger charge is 2.16. The first kappa shape index (κ1) is 14.4. The van der Waals surface area contributed by atoms with E-state index in [9.17, 15) is 9.90 Å². The second-order valence-electron chi connectivity index (χ2n) is 4.54. The van der Waals surface area contributed by atoms with Gasteiger partial charge in [0.25, 0.3) is 5.91 Å². The Labute approximate surface area is 126 Å². The number of nitrogens with two attached hydrogens (primary N) is 1. The average molecular weight is 335 g/mol. The first-order chi connectivity index (χ1) is 9.49. The lowest BCUT2D eigenvalue weighted by Crippen LogP contribution is -2.26. The van der Waals surface area contributed by atoms with Gasteiger partial charge in [-0.15, -0.1) is 0 Å². The number of nitrogen functional groups attached to an aromatic ring is 1. The Balaban J connectivity index is 2.16. The van der Waals surface area contributed by atoms with Crippen LogP contribution in [0.25, 0.3) is 0 Å². The van der Waals surface area contributed by atoms with Crippen LogP contribution in [0.15, 0.2) is 46.9 Å². The van der Waals surface area contributed by atoms with Gasteiger partial charge in [0.2, 0.25) is 0 Å². The van der Waals surface area contributed by atoms with Crippen molar-refractivity contribution in [2.24, 2.45) is 0 Å². The Bertz CT molecular complexity index is 626. The molecule has 0 aliphatic rings. The van der Waals surface area contributed by atoms with Gasteiger partial charge in [-0.05, 0) is 45.8 Å². The Hall–Kier alpha value is -2.01. The molecule has 0 aliphatic carbocycles. The van der Waals surface area contributed by atoms with Crippen molar-refractivity contribution in [1.29, 1.82) is 0 Å². The molecule has 5 heteroatoms. The number of carbonyl (C=O) groups excluding carboxylic acids is 1. The maximum atomic E-state index is 12.4. The van der Waals surface area contributed by atoms with E-state index < -0.39 is 0 Å². The first-order valence-corrected chi connectivity index (χ1v) is 6.85. The number of halogens is 1. The highest BCUT2D eigenvalue weighted by Crippen LogP contribution is 2.25. The van der Waals surface area contributed by atoms with Crippen LogP contribution in [0.2, 0.25) is 0 Å². The predicted octanol–water partition coefficient (Wildman–Crippen LogP) is 3.01. The smallest absolute Gasteiger partial charge is 0.255 e. The van der Waals surface area contributed by atoms with E-state index in [1.165, 1.54) is 0 Å². The lowest BCUT2D eigenvalue weighted by molar-refractivity contribution is 0.0784. The summed E-state index contributed by atoms with van der Waals surface area (Å²) in [5.74, 6) is 0.0959. The standard InChI is InChI=1S/C15H15BrN2O2/c1-18(9-10-5-7-11(19)8-6-10)15(20)12-3-2-4-13(17)14(12)16/h2-8,19H,9,17H2,1H3. The Kier molecular flexibility index (Phi) is 4.29. The maximum Gasteiger partial charge on any atom is 0.255 e. The molecule has 2 aromatic carbocycles. The lowest BCUT2D eigenvalue weighted by Gasteiger charge is -2.18. The summed E-state index contributed by atoms with van der Waals surface area (Å²) < 4.78 is 0.613. The van der Waals surface area contributed by atoms with Gasteiger partial charge < -0.3 is 15.7 Å². The average Bonchev–Trinajstić information content (AvgIpc) is 2.43. The van der Waals surface area contributed by atoms with E-state index in [4.69, 9.17) is 5.73 Å². The molecule has 2 rings (SSSR count). The van der Waals surface area contributed by atoms with Crippen LogP contribution in [0.3, 0.4) is 0 Å². The fourth-order valence-electron chi connectivity index (χ4n) is 1.87. The summed E-state index contributed by atoms with van der Waals surface area (Å²) >= 11 is 3.34. The minimum Gasteiger partial charge on any atom is -0.508 e. The number of benzene rings is 2. The van der Waals surface area contributed by atoms with E-state index in [-0.39, 0.29) is 11.7 Å². The molecule has 0 saturated heterocycles. The van der Waals surface area contributed by atoms with Gasteiger partial charge in [-0.25, -0.2) is 0 Å². The summed E-state index contributed by atoms with van der Waals surface area (Å²) in [6.07, 6.45) is 0. The largest absolute Gasteiger partial charge is 0.508 e. The third kappa shape index (κ3) is 3.11. The summed E-state index contributed by atoms with van der Waals surface area (Å²) in [5, 5.41) is 9.24. The van der Waals surface area contributed by atoms with Gasteiger partial charge >= 0.3 is 0 Å². The molecule has 2 aromatic rings. The highest BCUT2D eigenvalue weighted by molar-refractivity contribution is 9.10. The topological polar surface area (TPSA) is 66.6 Å². The molecule has 0 unspecified atom stereocenters. The van der Waals surface area contributed by atoms with Crippen LogP contribution in [0.1, 0.15) is 15.9 Å². The van der Waals surface area contributed by atoms with Crippen molar-refractivity contribution in [3.63, 3.8) is 0 Å². The van der Waals surface area contributed by atoms with E-state index in [0.29, 0.717) is 22.3 Å². The number of phenolic OH excluding ortho intramolecular Hbond substituents is 1. The van der Waals surface area contributed by atoms with Gasteiger partial charge in [0.1, 0.15) is 5.75 Å². The zero-order chi connectivity index (χ0) is 14.7. The molecule has 104 valence electrons. The van der Waals surface area contributed by atoms with Gasteiger partial charge in [0, 0.05) is 19.3 Å². The molecular formula is C15H15BrN2O2. The molecule has 1 amide bonds. The van der Waals surface area contributed by atoms with E-state index in [2.05, 4.69) is 15.9 Å². The van der Waals surface area contributed by atoms with Crippen LogP contribution < -0.4 is 5.73 Å². The number of carbonyl (C=O) groups is 1. The third-order valence-corrected chi connectivity index (χ3v) is 3.85. The molecule has 0 heterocycles. The number of hydrogen-bond donors (Lipinski definition) is 2. The highest BCUT2D eigenvalue weighted by atomic mass is 79.9. The van der Waals surface area contributed by atoms with E-state index in [1.54, 1.807) is 54.4 Å². The van der Waals surface area contributed by atoms with Gasteiger partial charge in [-0.3, -0.25) is 4.79 Å². The summed E-state index contributed by atoms with van der Waals surface area (Å²) in [6.45, 7) is 0.459. The van der Waals surface area contributed by atoms with Crippen molar-refractivity contribution in [3.8, 4) is 5.75 Å². The van der Waals surface area contributed by atoms with E-state index in [1.807, 2.05) is 0 Å².